The lowest BCUT2D eigenvalue weighted by Crippen LogP contribution is -2.27. The lowest BCUT2D eigenvalue weighted by Gasteiger charge is -2.22. The minimum atomic E-state index is 0.532. The zero-order valence-corrected chi connectivity index (χ0v) is 11.3. The van der Waals surface area contributed by atoms with Gasteiger partial charge in [0.2, 0.25) is 0 Å². The first-order chi connectivity index (χ1) is 8.19. The van der Waals surface area contributed by atoms with Crippen LogP contribution in [0.3, 0.4) is 0 Å². The van der Waals surface area contributed by atoms with E-state index in [0.717, 1.165) is 23.8 Å². The zero-order valence-electron chi connectivity index (χ0n) is 10.6. The lowest BCUT2D eigenvalue weighted by atomic mass is 10.1. The summed E-state index contributed by atoms with van der Waals surface area (Å²) in [6.45, 7) is 3.50. The largest absolute Gasteiger partial charge is 0.359 e. The Bertz CT molecular complexity index is 352. The van der Waals surface area contributed by atoms with Gasteiger partial charge in [0.1, 0.15) is 5.82 Å². The van der Waals surface area contributed by atoms with E-state index in [9.17, 15) is 0 Å². The summed E-state index contributed by atoms with van der Waals surface area (Å²) in [5.74, 6) is 2.33. The predicted molar refractivity (Wildman–Crippen MR) is 72.7 cm³/mol. The van der Waals surface area contributed by atoms with E-state index in [0.29, 0.717) is 5.88 Å². The summed E-state index contributed by atoms with van der Waals surface area (Å²) < 4.78 is 0. The van der Waals surface area contributed by atoms with Gasteiger partial charge in [0.25, 0.3) is 0 Å². The van der Waals surface area contributed by atoms with Crippen molar-refractivity contribution in [2.45, 2.75) is 12.3 Å². The van der Waals surface area contributed by atoms with Crippen LogP contribution in [0.15, 0.2) is 18.3 Å². The number of halogens is 1. The quantitative estimate of drug-likeness (QED) is 0.767. The fourth-order valence-corrected chi connectivity index (χ4v) is 2.54. The van der Waals surface area contributed by atoms with Gasteiger partial charge in [-0.1, -0.05) is 6.07 Å². The first-order valence-electron chi connectivity index (χ1n) is 6.09. The van der Waals surface area contributed by atoms with Crippen LogP contribution < -0.4 is 4.90 Å². The van der Waals surface area contributed by atoms with E-state index < -0.39 is 0 Å². The van der Waals surface area contributed by atoms with Crippen LogP contribution in [0.1, 0.15) is 12.0 Å². The Balaban J connectivity index is 1.92. The molecule has 0 aliphatic carbocycles. The van der Waals surface area contributed by atoms with E-state index in [-0.39, 0.29) is 0 Å². The van der Waals surface area contributed by atoms with Crippen molar-refractivity contribution >= 4 is 17.4 Å². The molecule has 1 aliphatic heterocycles. The minimum absolute atomic E-state index is 0.532. The summed E-state index contributed by atoms with van der Waals surface area (Å²) in [4.78, 5) is 9.07. The molecule has 4 heteroatoms. The van der Waals surface area contributed by atoms with E-state index in [1.54, 1.807) is 0 Å². The molecule has 94 valence electrons. The van der Waals surface area contributed by atoms with Crippen molar-refractivity contribution < 1.29 is 0 Å². The molecule has 2 rings (SSSR count). The van der Waals surface area contributed by atoms with E-state index in [1.807, 2.05) is 12.3 Å². The number of pyridine rings is 1. The molecule has 1 aromatic heterocycles. The number of rotatable bonds is 4. The van der Waals surface area contributed by atoms with Gasteiger partial charge >= 0.3 is 0 Å². The highest BCUT2D eigenvalue weighted by Crippen LogP contribution is 2.18. The van der Waals surface area contributed by atoms with Crippen molar-refractivity contribution in [1.29, 1.82) is 0 Å². The molecule has 0 aromatic carbocycles. The molecular weight excluding hydrogens is 234 g/mol. The number of anilines is 1. The lowest BCUT2D eigenvalue weighted by molar-refractivity contribution is 0.395. The normalized spacial score (nSPS) is 20.8. The third-order valence-electron chi connectivity index (χ3n) is 3.38. The van der Waals surface area contributed by atoms with Crippen LogP contribution in [-0.2, 0) is 5.88 Å². The summed E-state index contributed by atoms with van der Waals surface area (Å²) in [5, 5.41) is 0. The third-order valence-corrected chi connectivity index (χ3v) is 3.68. The molecule has 3 nitrogen and oxygen atoms in total. The summed E-state index contributed by atoms with van der Waals surface area (Å²) in [7, 11) is 4.30. The molecule has 0 saturated carbocycles. The highest BCUT2D eigenvalue weighted by Gasteiger charge is 2.21. The highest BCUT2D eigenvalue weighted by atomic mass is 35.5. The van der Waals surface area contributed by atoms with Gasteiger partial charge in [-0.2, -0.15) is 0 Å². The molecular formula is C13H20ClN3. The Hall–Kier alpha value is -0.800. The smallest absolute Gasteiger partial charge is 0.128 e. The van der Waals surface area contributed by atoms with Gasteiger partial charge in [-0.15, -0.1) is 11.6 Å². The highest BCUT2D eigenvalue weighted by molar-refractivity contribution is 6.17. The number of likely N-dealkylation sites (tertiary alicyclic amines) is 1. The van der Waals surface area contributed by atoms with E-state index >= 15 is 0 Å². The topological polar surface area (TPSA) is 19.4 Å². The van der Waals surface area contributed by atoms with E-state index in [2.05, 4.69) is 34.9 Å². The SMILES string of the molecule is CN1CCC(CN(C)c2ccc(CCl)cn2)C1. The Kier molecular flexibility index (Phi) is 4.24. The maximum absolute atomic E-state index is 5.75. The maximum atomic E-state index is 5.75. The van der Waals surface area contributed by atoms with Gasteiger partial charge < -0.3 is 9.80 Å². The van der Waals surface area contributed by atoms with Gasteiger partial charge in [-0.05, 0) is 37.6 Å². The standard InChI is InChI=1S/C13H20ClN3/c1-16-6-5-12(9-16)10-17(2)13-4-3-11(7-14)8-15-13/h3-4,8,12H,5-7,9-10H2,1-2H3. The van der Waals surface area contributed by atoms with Gasteiger partial charge in [-0.25, -0.2) is 4.98 Å². The fourth-order valence-electron chi connectivity index (χ4n) is 2.38. The molecule has 17 heavy (non-hydrogen) atoms. The van der Waals surface area contributed by atoms with Crippen molar-refractivity contribution in [3.8, 4) is 0 Å². The average Bonchev–Trinajstić information content (AvgIpc) is 2.75. The third kappa shape index (κ3) is 3.33. The Labute approximate surface area is 108 Å². The van der Waals surface area contributed by atoms with Crippen molar-refractivity contribution in [3.63, 3.8) is 0 Å². The van der Waals surface area contributed by atoms with Crippen LogP contribution in [0.25, 0.3) is 0 Å². The molecule has 0 amide bonds. The van der Waals surface area contributed by atoms with Crippen LogP contribution in [-0.4, -0.2) is 43.6 Å². The van der Waals surface area contributed by atoms with Crippen LogP contribution in [0, 0.1) is 5.92 Å². The molecule has 1 aromatic rings. The number of nitrogens with zero attached hydrogens (tertiary/aromatic N) is 3. The maximum Gasteiger partial charge on any atom is 0.128 e. The Morgan fingerprint density at radius 2 is 2.35 bits per heavy atom. The first kappa shape index (κ1) is 12.7. The first-order valence-corrected chi connectivity index (χ1v) is 6.63. The van der Waals surface area contributed by atoms with Crippen LogP contribution >= 0.6 is 11.6 Å². The van der Waals surface area contributed by atoms with Gasteiger partial charge in [-0.3, -0.25) is 0 Å². The molecule has 1 saturated heterocycles. The zero-order chi connectivity index (χ0) is 12.3. The molecule has 1 aliphatic rings. The summed E-state index contributed by atoms with van der Waals surface area (Å²) in [6, 6.07) is 4.10. The number of alkyl halides is 1. The molecule has 0 spiro atoms. The Morgan fingerprint density at radius 3 is 2.88 bits per heavy atom. The summed E-state index contributed by atoms with van der Waals surface area (Å²) in [6.07, 6.45) is 3.15. The predicted octanol–water partition coefficient (Wildman–Crippen LogP) is 2.21. The van der Waals surface area contributed by atoms with Crippen molar-refractivity contribution in [2.24, 2.45) is 5.92 Å². The molecule has 1 unspecified atom stereocenters. The number of aromatic nitrogens is 1. The Morgan fingerprint density at radius 1 is 1.53 bits per heavy atom. The number of hydrogen-bond acceptors (Lipinski definition) is 3. The minimum Gasteiger partial charge on any atom is -0.359 e. The summed E-state index contributed by atoms with van der Waals surface area (Å²) >= 11 is 5.75. The van der Waals surface area contributed by atoms with Crippen molar-refractivity contribution in [1.82, 2.24) is 9.88 Å². The summed E-state index contributed by atoms with van der Waals surface area (Å²) in [5.41, 5.74) is 1.07. The number of hydrogen-bond donors (Lipinski definition) is 0. The molecule has 0 radical (unpaired) electrons. The van der Waals surface area contributed by atoms with E-state index in [1.165, 1.54) is 19.5 Å². The van der Waals surface area contributed by atoms with Crippen molar-refractivity contribution in [2.75, 3.05) is 38.6 Å². The van der Waals surface area contributed by atoms with Crippen LogP contribution in [0.2, 0.25) is 0 Å². The molecule has 1 fully saturated rings. The molecule has 2 heterocycles. The second-order valence-electron chi connectivity index (χ2n) is 4.96. The second-order valence-corrected chi connectivity index (χ2v) is 5.22. The fraction of sp³-hybridized carbons (Fsp3) is 0.615. The van der Waals surface area contributed by atoms with E-state index in [4.69, 9.17) is 11.6 Å². The average molecular weight is 254 g/mol. The molecule has 1 atom stereocenters. The van der Waals surface area contributed by atoms with Crippen LogP contribution in [0.5, 0.6) is 0 Å². The van der Waals surface area contributed by atoms with Crippen molar-refractivity contribution in [3.05, 3.63) is 23.9 Å². The van der Waals surface area contributed by atoms with Gasteiger partial charge in [0, 0.05) is 32.2 Å². The molecule has 0 bridgehead atoms. The van der Waals surface area contributed by atoms with Gasteiger partial charge in [0.05, 0.1) is 0 Å². The van der Waals surface area contributed by atoms with Crippen LogP contribution in [0.4, 0.5) is 5.82 Å². The monoisotopic (exact) mass is 253 g/mol. The molecule has 0 N–H and O–H groups in total. The second kappa shape index (κ2) is 5.69. The van der Waals surface area contributed by atoms with Gasteiger partial charge in [0.15, 0.2) is 0 Å².